The molecule has 4 nitrogen and oxygen atoms in total. The highest BCUT2D eigenvalue weighted by atomic mass is 15.3. The molecule has 4 heteroatoms. The molecule has 1 N–H and O–H groups in total. The van der Waals surface area contributed by atoms with E-state index in [4.69, 9.17) is 0 Å². The van der Waals surface area contributed by atoms with Gasteiger partial charge in [0.15, 0.2) is 5.82 Å². The number of nitrogens with one attached hydrogen (secondary N) is 1. The Morgan fingerprint density at radius 3 is 2.69 bits per heavy atom. The van der Waals surface area contributed by atoms with Gasteiger partial charge in [0.25, 0.3) is 0 Å². The molecule has 0 aliphatic carbocycles. The molecule has 0 saturated carbocycles. The van der Waals surface area contributed by atoms with Gasteiger partial charge in [0, 0.05) is 13.2 Å². The topological polar surface area (TPSA) is 42.7 Å². The number of rotatable bonds is 3. The number of pyridine rings is 1. The van der Waals surface area contributed by atoms with E-state index in [1.54, 1.807) is 4.68 Å². The molecule has 0 saturated heterocycles. The largest absolute Gasteiger partial charge is 0.373 e. The summed E-state index contributed by atoms with van der Waals surface area (Å²) < 4.78 is 1.80. The van der Waals surface area contributed by atoms with Crippen LogP contribution in [-0.4, -0.2) is 21.8 Å². The lowest BCUT2D eigenvalue weighted by atomic mass is 10.1. The van der Waals surface area contributed by atoms with Gasteiger partial charge in [-0.15, -0.1) is 0 Å². The molecule has 0 unspecified atom stereocenters. The predicted octanol–water partition coefficient (Wildman–Crippen LogP) is 2.43. The smallest absolute Gasteiger partial charge is 0.155 e. The molecule has 16 heavy (non-hydrogen) atoms. The summed E-state index contributed by atoms with van der Waals surface area (Å²) in [5.41, 5.74) is 1.08. The summed E-state index contributed by atoms with van der Waals surface area (Å²) in [6.07, 6.45) is 1.94. The van der Waals surface area contributed by atoms with Gasteiger partial charge in [-0.25, -0.2) is 9.67 Å². The first-order valence-corrected chi connectivity index (χ1v) is 5.41. The third kappa shape index (κ3) is 2.05. The van der Waals surface area contributed by atoms with E-state index in [0.29, 0.717) is 5.92 Å². The number of nitrogens with zero attached hydrogens (tertiary/aromatic N) is 3. The van der Waals surface area contributed by atoms with E-state index in [-0.39, 0.29) is 0 Å². The van der Waals surface area contributed by atoms with Gasteiger partial charge in [0.1, 0.15) is 5.82 Å². The van der Waals surface area contributed by atoms with Gasteiger partial charge >= 0.3 is 0 Å². The first-order chi connectivity index (χ1) is 7.70. The van der Waals surface area contributed by atoms with E-state index < -0.39 is 0 Å². The second-order valence-electron chi connectivity index (χ2n) is 3.97. The lowest BCUT2D eigenvalue weighted by Gasteiger charge is -2.04. The molecule has 2 aromatic rings. The van der Waals surface area contributed by atoms with Crippen molar-refractivity contribution in [1.82, 2.24) is 14.8 Å². The summed E-state index contributed by atoms with van der Waals surface area (Å²) in [7, 11) is 1.86. The average Bonchev–Trinajstić information content (AvgIpc) is 2.78. The van der Waals surface area contributed by atoms with Gasteiger partial charge in [-0.2, -0.15) is 5.10 Å². The van der Waals surface area contributed by atoms with Crippen LogP contribution in [0.15, 0.2) is 30.5 Å². The third-order valence-electron chi connectivity index (χ3n) is 2.43. The summed E-state index contributed by atoms with van der Waals surface area (Å²) in [5.74, 6) is 2.12. The molecule has 2 heterocycles. The number of anilines is 1. The van der Waals surface area contributed by atoms with Crippen LogP contribution in [0.2, 0.25) is 0 Å². The Morgan fingerprint density at radius 2 is 2.06 bits per heavy atom. The van der Waals surface area contributed by atoms with Crippen molar-refractivity contribution in [2.24, 2.45) is 0 Å². The van der Waals surface area contributed by atoms with Crippen molar-refractivity contribution in [1.29, 1.82) is 0 Å². The zero-order valence-corrected chi connectivity index (χ0v) is 9.81. The molecule has 2 rings (SSSR count). The van der Waals surface area contributed by atoms with Gasteiger partial charge in [0.05, 0.1) is 5.69 Å². The second-order valence-corrected chi connectivity index (χ2v) is 3.97. The summed E-state index contributed by atoms with van der Waals surface area (Å²) in [6, 6.07) is 7.86. The van der Waals surface area contributed by atoms with E-state index in [9.17, 15) is 0 Å². The highest BCUT2D eigenvalue weighted by Gasteiger charge is 2.05. The van der Waals surface area contributed by atoms with E-state index in [1.165, 1.54) is 0 Å². The number of hydrogen-bond donors (Lipinski definition) is 1. The monoisotopic (exact) mass is 216 g/mol. The quantitative estimate of drug-likeness (QED) is 0.856. The number of hydrogen-bond acceptors (Lipinski definition) is 3. The molecule has 2 aromatic heterocycles. The molecule has 0 spiro atoms. The van der Waals surface area contributed by atoms with E-state index in [0.717, 1.165) is 17.3 Å². The lowest BCUT2D eigenvalue weighted by molar-refractivity contribution is 0.758. The maximum Gasteiger partial charge on any atom is 0.155 e. The van der Waals surface area contributed by atoms with Crippen molar-refractivity contribution in [3.05, 3.63) is 36.2 Å². The molecule has 0 amide bonds. The van der Waals surface area contributed by atoms with Gasteiger partial charge < -0.3 is 5.32 Å². The van der Waals surface area contributed by atoms with E-state index >= 15 is 0 Å². The van der Waals surface area contributed by atoms with Gasteiger partial charge in [-0.1, -0.05) is 19.9 Å². The average molecular weight is 216 g/mol. The fourth-order valence-electron chi connectivity index (χ4n) is 1.46. The van der Waals surface area contributed by atoms with Crippen LogP contribution in [-0.2, 0) is 0 Å². The SMILES string of the molecule is CNc1cccc(-n2ccc(C(C)C)n2)n1. The highest BCUT2D eigenvalue weighted by molar-refractivity contribution is 5.38. The van der Waals surface area contributed by atoms with Crippen LogP contribution in [0.3, 0.4) is 0 Å². The maximum absolute atomic E-state index is 4.48. The Kier molecular flexibility index (Phi) is 2.90. The predicted molar refractivity (Wildman–Crippen MR) is 65.0 cm³/mol. The van der Waals surface area contributed by atoms with Gasteiger partial charge in [0.2, 0.25) is 0 Å². The van der Waals surface area contributed by atoms with Crippen LogP contribution >= 0.6 is 0 Å². The lowest BCUT2D eigenvalue weighted by Crippen LogP contribution is -2.01. The first-order valence-electron chi connectivity index (χ1n) is 5.41. The molecule has 0 radical (unpaired) electrons. The molecule has 0 fully saturated rings. The van der Waals surface area contributed by atoms with E-state index in [2.05, 4.69) is 29.2 Å². The van der Waals surface area contributed by atoms with Gasteiger partial charge in [-0.3, -0.25) is 0 Å². The molecule has 0 bridgehead atoms. The second kappa shape index (κ2) is 4.35. The van der Waals surface area contributed by atoms with Crippen LogP contribution in [0, 0.1) is 0 Å². The molecular weight excluding hydrogens is 200 g/mol. The summed E-state index contributed by atoms with van der Waals surface area (Å²) >= 11 is 0. The summed E-state index contributed by atoms with van der Waals surface area (Å²) in [5, 5.41) is 7.50. The highest BCUT2D eigenvalue weighted by Crippen LogP contribution is 2.13. The van der Waals surface area contributed by atoms with Crippen molar-refractivity contribution < 1.29 is 0 Å². The molecular formula is C12H16N4. The molecule has 0 aliphatic heterocycles. The van der Waals surface area contributed by atoms with Crippen LogP contribution in [0.4, 0.5) is 5.82 Å². The maximum atomic E-state index is 4.48. The van der Waals surface area contributed by atoms with Gasteiger partial charge in [-0.05, 0) is 24.1 Å². The molecule has 0 atom stereocenters. The first kappa shape index (κ1) is 10.7. The minimum absolute atomic E-state index is 0.439. The van der Waals surface area contributed by atoms with Crippen LogP contribution in [0.1, 0.15) is 25.5 Å². The fourth-order valence-corrected chi connectivity index (χ4v) is 1.46. The Bertz CT molecular complexity index is 473. The number of aromatic nitrogens is 3. The third-order valence-corrected chi connectivity index (χ3v) is 2.43. The zero-order valence-electron chi connectivity index (χ0n) is 9.81. The minimum atomic E-state index is 0.439. The fraction of sp³-hybridized carbons (Fsp3) is 0.333. The van der Waals surface area contributed by atoms with Crippen LogP contribution in [0.5, 0.6) is 0 Å². The normalized spacial score (nSPS) is 10.8. The van der Waals surface area contributed by atoms with Crippen molar-refractivity contribution in [3.63, 3.8) is 0 Å². The Hall–Kier alpha value is -1.84. The van der Waals surface area contributed by atoms with Crippen LogP contribution in [0.25, 0.3) is 5.82 Å². The van der Waals surface area contributed by atoms with E-state index in [1.807, 2.05) is 37.5 Å². The molecule has 0 aliphatic rings. The Labute approximate surface area is 95.3 Å². The van der Waals surface area contributed by atoms with Crippen LogP contribution < -0.4 is 5.32 Å². The molecule has 84 valence electrons. The Morgan fingerprint density at radius 1 is 1.25 bits per heavy atom. The summed E-state index contributed by atoms with van der Waals surface area (Å²) in [4.78, 5) is 4.42. The summed E-state index contributed by atoms with van der Waals surface area (Å²) in [6.45, 7) is 4.26. The standard InChI is InChI=1S/C12H16N4/c1-9(2)10-7-8-16(15-10)12-6-4-5-11(13-3)14-12/h4-9H,1-3H3,(H,13,14). The molecule has 0 aromatic carbocycles. The Balaban J connectivity index is 2.34. The van der Waals surface area contributed by atoms with Crippen molar-refractivity contribution in [2.45, 2.75) is 19.8 Å². The van der Waals surface area contributed by atoms with Crippen molar-refractivity contribution in [3.8, 4) is 5.82 Å². The van der Waals surface area contributed by atoms with Crippen molar-refractivity contribution >= 4 is 5.82 Å². The minimum Gasteiger partial charge on any atom is -0.373 e. The zero-order chi connectivity index (χ0) is 11.5. The van der Waals surface area contributed by atoms with Crippen molar-refractivity contribution in [2.75, 3.05) is 12.4 Å².